The molecule has 1 saturated heterocycles. The lowest BCUT2D eigenvalue weighted by Crippen LogP contribution is -2.44. The molecule has 2 atom stereocenters. The molecule has 20 heavy (non-hydrogen) atoms. The van der Waals surface area contributed by atoms with E-state index in [1.165, 1.54) is 0 Å². The van der Waals surface area contributed by atoms with E-state index in [-0.39, 0.29) is 23.8 Å². The molecule has 2 N–H and O–H groups in total. The van der Waals surface area contributed by atoms with Crippen LogP contribution in [-0.4, -0.2) is 25.0 Å². The first-order valence-electron chi connectivity index (χ1n) is 7.03. The van der Waals surface area contributed by atoms with Gasteiger partial charge in [0.15, 0.2) is 0 Å². The third kappa shape index (κ3) is 2.61. The number of nitrogens with one attached hydrogen (secondary N) is 2. The van der Waals surface area contributed by atoms with E-state index in [2.05, 4.69) is 10.6 Å². The lowest BCUT2D eigenvalue weighted by Gasteiger charge is -2.29. The number of piperidine rings is 1. The third-order valence-corrected chi connectivity index (χ3v) is 3.91. The van der Waals surface area contributed by atoms with Gasteiger partial charge in [-0.15, -0.1) is 0 Å². The molecule has 0 aliphatic carbocycles. The van der Waals surface area contributed by atoms with Crippen molar-refractivity contribution < 1.29 is 14.3 Å². The highest BCUT2D eigenvalue weighted by atomic mass is 16.5. The van der Waals surface area contributed by atoms with E-state index in [1.54, 1.807) is 0 Å². The van der Waals surface area contributed by atoms with Crippen LogP contribution in [0, 0.1) is 5.92 Å². The van der Waals surface area contributed by atoms with E-state index in [9.17, 15) is 9.59 Å². The lowest BCUT2D eigenvalue weighted by molar-refractivity contribution is -0.129. The Bertz CT molecular complexity index is 520. The molecule has 2 heterocycles. The van der Waals surface area contributed by atoms with E-state index in [0.29, 0.717) is 26.0 Å². The molecule has 0 saturated carbocycles. The number of hydrogen-bond acceptors (Lipinski definition) is 3. The van der Waals surface area contributed by atoms with Crippen molar-refractivity contribution in [3.8, 4) is 5.75 Å². The number of ether oxygens (including phenoxy) is 1. The molecule has 0 unspecified atom stereocenters. The number of para-hydroxylation sites is 1. The normalized spacial score (nSPS) is 25.1. The van der Waals surface area contributed by atoms with Crippen molar-refractivity contribution >= 4 is 11.8 Å². The zero-order chi connectivity index (χ0) is 13.9. The predicted octanol–water partition coefficient (Wildman–Crippen LogP) is 1.15. The zero-order valence-corrected chi connectivity index (χ0v) is 11.2. The molecule has 5 heteroatoms. The quantitative estimate of drug-likeness (QED) is 0.850. The number of carbonyl (C=O) groups excluding carboxylic acids is 2. The zero-order valence-electron chi connectivity index (χ0n) is 11.2. The molecule has 0 spiro atoms. The number of hydrogen-bond donors (Lipinski definition) is 2. The fourth-order valence-corrected chi connectivity index (χ4v) is 2.74. The fourth-order valence-electron chi connectivity index (χ4n) is 2.74. The first-order chi connectivity index (χ1) is 9.74. The minimum absolute atomic E-state index is 0.00470. The molecule has 0 radical (unpaired) electrons. The van der Waals surface area contributed by atoms with Gasteiger partial charge in [-0.3, -0.25) is 9.59 Å². The van der Waals surface area contributed by atoms with E-state index in [0.717, 1.165) is 17.7 Å². The van der Waals surface area contributed by atoms with Crippen LogP contribution in [-0.2, 0) is 9.59 Å². The Balaban J connectivity index is 1.66. The highest BCUT2D eigenvalue weighted by molar-refractivity contribution is 5.84. The summed E-state index contributed by atoms with van der Waals surface area (Å²) in [6.07, 6.45) is 1.84. The number of carbonyl (C=O) groups is 2. The smallest absolute Gasteiger partial charge is 0.225 e. The van der Waals surface area contributed by atoms with Gasteiger partial charge in [0.25, 0.3) is 0 Å². The van der Waals surface area contributed by atoms with Crippen molar-refractivity contribution in [1.29, 1.82) is 0 Å². The van der Waals surface area contributed by atoms with Gasteiger partial charge in [0.05, 0.1) is 18.6 Å². The maximum absolute atomic E-state index is 12.3. The maximum Gasteiger partial charge on any atom is 0.225 e. The van der Waals surface area contributed by atoms with Gasteiger partial charge in [0, 0.05) is 24.9 Å². The van der Waals surface area contributed by atoms with Crippen LogP contribution in [0.1, 0.15) is 30.9 Å². The Morgan fingerprint density at radius 1 is 1.30 bits per heavy atom. The van der Waals surface area contributed by atoms with E-state index in [1.807, 2.05) is 24.3 Å². The molecule has 0 aromatic heterocycles. The fraction of sp³-hybridized carbons (Fsp3) is 0.467. The standard InChI is InChI=1S/C15H18N2O3/c18-14-6-5-10(9-16-14)15(19)17-12-7-8-20-13-4-2-1-3-11(12)13/h1-4,10,12H,5-9H2,(H,16,18)(H,17,19)/t10-,12+/m0/s1. The first-order valence-corrected chi connectivity index (χ1v) is 7.03. The van der Waals surface area contributed by atoms with Crippen LogP contribution in [0.5, 0.6) is 5.75 Å². The van der Waals surface area contributed by atoms with Crippen LogP contribution in [0.2, 0.25) is 0 Å². The molecule has 2 aliphatic rings. The number of rotatable bonds is 2. The summed E-state index contributed by atoms with van der Waals surface area (Å²) in [4.78, 5) is 23.4. The molecule has 1 aromatic carbocycles. The summed E-state index contributed by atoms with van der Waals surface area (Å²) in [6.45, 7) is 1.05. The first kappa shape index (κ1) is 13.0. The van der Waals surface area contributed by atoms with Crippen molar-refractivity contribution in [3.05, 3.63) is 29.8 Å². The lowest BCUT2D eigenvalue weighted by atomic mass is 9.95. The van der Waals surface area contributed by atoms with Gasteiger partial charge in [-0.25, -0.2) is 0 Å². The van der Waals surface area contributed by atoms with Crippen LogP contribution >= 0.6 is 0 Å². The summed E-state index contributed by atoms with van der Waals surface area (Å²) in [6, 6.07) is 7.80. The maximum atomic E-state index is 12.3. The Morgan fingerprint density at radius 3 is 2.95 bits per heavy atom. The number of fused-ring (bicyclic) bond motifs is 1. The molecule has 5 nitrogen and oxygen atoms in total. The van der Waals surface area contributed by atoms with Crippen LogP contribution in [0.25, 0.3) is 0 Å². The molecular formula is C15H18N2O3. The van der Waals surface area contributed by atoms with Gasteiger partial charge in [-0.05, 0) is 12.5 Å². The van der Waals surface area contributed by atoms with E-state index < -0.39 is 0 Å². The second-order valence-electron chi connectivity index (χ2n) is 5.28. The molecule has 2 amide bonds. The molecule has 2 aliphatic heterocycles. The van der Waals surface area contributed by atoms with E-state index in [4.69, 9.17) is 4.74 Å². The average molecular weight is 274 g/mol. The predicted molar refractivity (Wildman–Crippen MR) is 73.2 cm³/mol. The summed E-state index contributed by atoms with van der Waals surface area (Å²) in [5.41, 5.74) is 1.03. The monoisotopic (exact) mass is 274 g/mol. The van der Waals surface area contributed by atoms with Crippen LogP contribution in [0.3, 0.4) is 0 Å². The van der Waals surface area contributed by atoms with Gasteiger partial charge < -0.3 is 15.4 Å². The summed E-state index contributed by atoms with van der Waals surface area (Å²) in [5.74, 6) is 0.779. The summed E-state index contributed by atoms with van der Waals surface area (Å²) < 4.78 is 5.59. The van der Waals surface area contributed by atoms with Crippen LogP contribution in [0.15, 0.2) is 24.3 Å². The van der Waals surface area contributed by atoms with E-state index >= 15 is 0 Å². The van der Waals surface area contributed by atoms with Crippen molar-refractivity contribution in [1.82, 2.24) is 10.6 Å². The Hall–Kier alpha value is -2.04. The van der Waals surface area contributed by atoms with Crippen molar-refractivity contribution in [3.63, 3.8) is 0 Å². The minimum atomic E-state index is -0.122. The molecular weight excluding hydrogens is 256 g/mol. The topological polar surface area (TPSA) is 67.4 Å². The summed E-state index contributed by atoms with van der Waals surface area (Å²) in [5, 5.41) is 5.83. The molecule has 1 aromatic rings. The molecule has 0 bridgehead atoms. The highest BCUT2D eigenvalue weighted by Gasteiger charge is 2.28. The summed E-state index contributed by atoms with van der Waals surface area (Å²) in [7, 11) is 0. The number of benzene rings is 1. The second kappa shape index (κ2) is 5.53. The van der Waals surface area contributed by atoms with Crippen molar-refractivity contribution in [2.24, 2.45) is 5.92 Å². The number of amides is 2. The molecule has 3 rings (SSSR count). The second-order valence-corrected chi connectivity index (χ2v) is 5.28. The van der Waals surface area contributed by atoms with Gasteiger partial charge >= 0.3 is 0 Å². The van der Waals surface area contributed by atoms with Crippen LogP contribution < -0.4 is 15.4 Å². The van der Waals surface area contributed by atoms with Gasteiger partial charge in [0.1, 0.15) is 5.75 Å². The SMILES string of the molecule is O=C1CC[C@H](C(=O)N[C@@H]2CCOc3ccccc32)CN1. The minimum Gasteiger partial charge on any atom is -0.493 e. The Kier molecular flexibility index (Phi) is 3.58. The Labute approximate surface area is 117 Å². The van der Waals surface area contributed by atoms with Crippen molar-refractivity contribution in [2.75, 3.05) is 13.2 Å². The van der Waals surface area contributed by atoms with Crippen LogP contribution in [0.4, 0.5) is 0 Å². The molecule has 1 fully saturated rings. The van der Waals surface area contributed by atoms with Gasteiger partial charge in [-0.1, -0.05) is 18.2 Å². The third-order valence-electron chi connectivity index (χ3n) is 3.91. The Morgan fingerprint density at radius 2 is 2.15 bits per heavy atom. The average Bonchev–Trinajstić information content (AvgIpc) is 2.48. The largest absolute Gasteiger partial charge is 0.493 e. The van der Waals surface area contributed by atoms with Gasteiger partial charge in [0.2, 0.25) is 11.8 Å². The summed E-state index contributed by atoms with van der Waals surface area (Å²) >= 11 is 0. The van der Waals surface area contributed by atoms with Gasteiger partial charge in [-0.2, -0.15) is 0 Å². The highest BCUT2D eigenvalue weighted by Crippen LogP contribution is 2.31. The van der Waals surface area contributed by atoms with Crippen molar-refractivity contribution in [2.45, 2.75) is 25.3 Å². The molecule has 106 valence electrons.